The number of amides is 1. The van der Waals surface area contributed by atoms with E-state index in [9.17, 15) is 4.79 Å². The Balaban J connectivity index is 1.64. The van der Waals surface area contributed by atoms with E-state index in [4.69, 9.17) is 9.15 Å². The zero-order valence-electron chi connectivity index (χ0n) is 12.2. The number of carbonyl (C=O) groups is 1. The van der Waals surface area contributed by atoms with Crippen LogP contribution in [0.15, 0.2) is 57.8 Å². The average Bonchev–Trinajstić information content (AvgIpc) is 3.17. The van der Waals surface area contributed by atoms with Gasteiger partial charge in [-0.3, -0.25) is 4.79 Å². The molecule has 5 heteroatoms. The van der Waals surface area contributed by atoms with Crippen molar-refractivity contribution in [2.45, 2.75) is 12.8 Å². The second-order valence-electron chi connectivity index (χ2n) is 4.91. The molecule has 0 atom stereocenters. The van der Waals surface area contributed by atoms with E-state index >= 15 is 0 Å². The summed E-state index contributed by atoms with van der Waals surface area (Å²) in [4.78, 5) is 16.2. The largest absolute Gasteiger partial charge is 0.497 e. The molecule has 0 fully saturated rings. The van der Waals surface area contributed by atoms with Crippen LogP contribution in [-0.2, 0) is 11.2 Å². The summed E-state index contributed by atoms with van der Waals surface area (Å²) >= 11 is 0. The van der Waals surface area contributed by atoms with E-state index in [0.717, 1.165) is 12.2 Å². The summed E-state index contributed by atoms with van der Waals surface area (Å²) in [6.07, 6.45) is 4.67. The molecule has 2 aromatic rings. The SMILES string of the molecule is COc1ccc(CCC2=N/C(=C/c3ccco3)C(=O)N2)cc1. The Morgan fingerprint density at radius 3 is 2.73 bits per heavy atom. The Hall–Kier alpha value is -2.82. The van der Waals surface area contributed by atoms with E-state index in [1.165, 1.54) is 5.56 Å². The van der Waals surface area contributed by atoms with Gasteiger partial charge in [0.25, 0.3) is 5.91 Å². The molecule has 0 radical (unpaired) electrons. The molecule has 0 aliphatic carbocycles. The monoisotopic (exact) mass is 296 g/mol. The number of amidine groups is 1. The maximum Gasteiger partial charge on any atom is 0.275 e. The van der Waals surface area contributed by atoms with Gasteiger partial charge in [-0.25, -0.2) is 4.99 Å². The summed E-state index contributed by atoms with van der Waals surface area (Å²) < 4.78 is 10.3. The van der Waals surface area contributed by atoms with Gasteiger partial charge in [-0.15, -0.1) is 0 Å². The van der Waals surface area contributed by atoms with E-state index in [1.807, 2.05) is 24.3 Å². The quantitative estimate of drug-likeness (QED) is 0.863. The van der Waals surface area contributed by atoms with Crippen molar-refractivity contribution in [2.75, 3.05) is 7.11 Å². The smallest absolute Gasteiger partial charge is 0.275 e. The van der Waals surface area contributed by atoms with Gasteiger partial charge < -0.3 is 14.5 Å². The molecule has 0 saturated heterocycles. The number of benzene rings is 1. The van der Waals surface area contributed by atoms with Crippen LogP contribution in [0, 0.1) is 0 Å². The van der Waals surface area contributed by atoms with Crippen LogP contribution in [0.3, 0.4) is 0 Å². The molecule has 3 rings (SSSR count). The summed E-state index contributed by atoms with van der Waals surface area (Å²) in [6, 6.07) is 11.4. The third kappa shape index (κ3) is 3.25. The second kappa shape index (κ2) is 6.30. The molecular weight excluding hydrogens is 280 g/mol. The maximum absolute atomic E-state index is 11.9. The Kier molecular flexibility index (Phi) is 4.05. The number of nitrogens with zero attached hydrogens (tertiary/aromatic N) is 1. The van der Waals surface area contributed by atoms with Gasteiger partial charge in [-0.05, 0) is 36.2 Å². The molecule has 1 aliphatic heterocycles. The van der Waals surface area contributed by atoms with Gasteiger partial charge in [0.1, 0.15) is 23.0 Å². The second-order valence-corrected chi connectivity index (χ2v) is 4.91. The van der Waals surface area contributed by atoms with E-state index in [2.05, 4.69) is 10.3 Å². The molecule has 1 N–H and O–H groups in total. The van der Waals surface area contributed by atoms with Crippen molar-refractivity contribution < 1.29 is 13.9 Å². The minimum Gasteiger partial charge on any atom is -0.497 e. The number of rotatable bonds is 5. The lowest BCUT2D eigenvalue weighted by Crippen LogP contribution is -2.24. The lowest BCUT2D eigenvalue weighted by molar-refractivity contribution is -0.115. The molecule has 0 unspecified atom stereocenters. The number of aliphatic imine (C=N–C) groups is 1. The van der Waals surface area contributed by atoms with Gasteiger partial charge >= 0.3 is 0 Å². The van der Waals surface area contributed by atoms with Crippen LogP contribution in [0.5, 0.6) is 5.75 Å². The van der Waals surface area contributed by atoms with Gasteiger partial charge in [-0.2, -0.15) is 0 Å². The van der Waals surface area contributed by atoms with Crippen LogP contribution < -0.4 is 10.1 Å². The molecule has 1 aromatic carbocycles. The number of furan rings is 1. The van der Waals surface area contributed by atoms with Crippen molar-refractivity contribution in [3.8, 4) is 5.75 Å². The predicted octanol–water partition coefficient (Wildman–Crippen LogP) is 2.79. The van der Waals surface area contributed by atoms with Crippen molar-refractivity contribution in [1.82, 2.24) is 5.32 Å². The Labute approximate surface area is 128 Å². The summed E-state index contributed by atoms with van der Waals surface area (Å²) in [6.45, 7) is 0. The van der Waals surface area contributed by atoms with Crippen molar-refractivity contribution in [1.29, 1.82) is 0 Å². The molecule has 22 heavy (non-hydrogen) atoms. The van der Waals surface area contributed by atoms with E-state index < -0.39 is 0 Å². The van der Waals surface area contributed by atoms with E-state index in [0.29, 0.717) is 23.7 Å². The fourth-order valence-corrected chi connectivity index (χ4v) is 2.20. The van der Waals surface area contributed by atoms with Crippen molar-refractivity contribution in [2.24, 2.45) is 4.99 Å². The van der Waals surface area contributed by atoms with Crippen molar-refractivity contribution in [3.05, 3.63) is 59.7 Å². The third-order valence-electron chi connectivity index (χ3n) is 3.38. The molecule has 5 nitrogen and oxygen atoms in total. The molecular formula is C17H16N2O3. The molecule has 112 valence electrons. The molecule has 0 bridgehead atoms. The number of hydrogen-bond acceptors (Lipinski definition) is 4. The van der Waals surface area contributed by atoms with Crippen LogP contribution in [-0.4, -0.2) is 18.9 Å². The molecule has 1 amide bonds. The minimum atomic E-state index is -0.193. The number of ether oxygens (including phenoxy) is 1. The lowest BCUT2D eigenvalue weighted by Gasteiger charge is -2.03. The third-order valence-corrected chi connectivity index (χ3v) is 3.38. The van der Waals surface area contributed by atoms with Crippen LogP contribution in [0.1, 0.15) is 17.7 Å². The van der Waals surface area contributed by atoms with Gasteiger partial charge in [0.15, 0.2) is 0 Å². The highest BCUT2D eigenvalue weighted by Crippen LogP contribution is 2.16. The normalized spacial score (nSPS) is 15.8. The lowest BCUT2D eigenvalue weighted by atomic mass is 10.1. The first-order valence-corrected chi connectivity index (χ1v) is 7.01. The molecule has 1 aliphatic rings. The van der Waals surface area contributed by atoms with Crippen LogP contribution >= 0.6 is 0 Å². The summed E-state index contributed by atoms with van der Waals surface area (Å²) in [5.41, 5.74) is 1.54. The fourth-order valence-electron chi connectivity index (χ4n) is 2.20. The standard InChI is InChI=1S/C17H16N2O3/c1-21-13-7-4-12(5-8-13)6-9-16-18-15(17(20)19-16)11-14-3-2-10-22-14/h2-5,7-8,10-11H,6,9H2,1H3,(H,18,19,20)/b15-11+. The Bertz CT molecular complexity index is 713. The Morgan fingerprint density at radius 2 is 2.05 bits per heavy atom. The zero-order valence-corrected chi connectivity index (χ0v) is 12.2. The summed E-state index contributed by atoms with van der Waals surface area (Å²) in [5.74, 6) is 1.93. The molecule has 1 aromatic heterocycles. The first kappa shape index (κ1) is 14.1. The summed E-state index contributed by atoms with van der Waals surface area (Å²) in [7, 11) is 1.64. The van der Waals surface area contributed by atoms with Crippen LogP contribution in [0.25, 0.3) is 6.08 Å². The number of aryl methyl sites for hydroxylation is 1. The van der Waals surface area contributed by atoms with Crippen molar-refractivity contribution >= 4 is 17.8 Å². The average molecular weight is 296 g/mol. The number of carbonyl (C=O) groups excluding carboxylic acids is 1. The predicted molar refractivity (Wildman–Crippen MR) is 83.6 cm³/mol. The highest BCUT2D eigenvalue weighted by Gasteiger charge is 2.19. The Morgan fingerprint density at radius 1 is 1.23 bits per heavy atom. The molecule has 2 heterocycles. The fraction of sp³-hybridized carbons (Fsp3) is 0.176. The molecule has 0 spiro atoms. The van der Waals surface area contributed by atoms with Crippen LogP contribution in [0.2, 0.25) is 0 Å². The maximum atomic E-state index is 11.9. The highest BCUT2D eigenvalue weighted by molar-refractivity contribution is 6.14. The zero-order chi connectivity index (χ0) is 15.4. The number of nitrogens with one attached hydrogen (secondary N) is 1. The number of hydrogen-bond donors (Lipinski definition) is 1. The first-order valence-electron chi connectivity index (χ1n) is 7.01. The highest BCUT2D eigenvalue weighted by atomic mass is 16.5. The van der Waals surface area contributed by atoms with Crippen molar-refractivity contribution in [3.63, 3.8) is 0 Å². The topological polar surface area (TPSA) is 63.8 Å². The van der Waals surface area contributed by atoms with E-state index in [-0.39, 0.29) is 5.91 Å². The molecule has 0 saturated carbocycles. The van der Waals surface area contributed by atoms with E-state index in [1.54, 1.807) is 31.6 Å². The van der Waals surface area contributed by atoms with Gasteiger partial charge in [0, 0.05) is 12.5 Å². The van der Waals surface area contributed by atoms with Gasteiger partial charge in [0.2, 0.25) is 0 Å². The summed E-state index contributed by atoms with van der Waals surface area (Å²) in [5, 5.41) is 2.79. The number of methoxy groups -OCH3 is 1. The first-order chi connectivity index (χ1) is 10.7. The van der Waals surface area contributed by atoms with Gasteiger partial charge in [-0.1, -0.05) is 12.1 Å². The minimum absolute atomic E-state index is 0.193. The van der Waals surface area contributed by atoms with Gasteiger partial charge in [0.05, 0.1) is 13.4 Å². The van der Waals surface area contributed by atoms with Crippen LogP contribution in [0.4, 0.5) is 0 Å².